The van der Waals surface area contributed by atoms with Gasteiger partial charge < -0.3 is 10.2 Å². The van der Waals surface area contributed by atoms with Gasteiger partial charge in [-0.05, 0) is 68.8 Å². The van der Waals surface area contributed by atoms with Gasteiger partial charge in [0, 0.05) is 24.5 Å². The van der Waals surface area contributed by atoms with Crippen LogP contribution in [0.5, 0.6) is 0 Å². The number of hydrogen-bond donors (Lipinski definition) is 2. The molecule has 0 heterocycles. The van der Waals surface area contributed by atoms with E-state index in [9.17, 15) is 17.6 Å². The van der Waals surface area contributed by atoms with Gasteiger partial charge >= 0.3 is 0 Å². The lowest BCUT2D eigenvalue weighted by molar-refractivity contribution is -0.115. The van der Waals surface area contributed by atoms with Crippen LogP contribution in [-0.4, -0.2) is 34.0 Å². The van der Waals surface area contributed by atoms with Crippen molar-refractivity contribution in [3.8, 4) is 0 Å². The van der Waals surface area contributed by atoms with Gasteiger partial charge in [-0.15, -0.1) is 0 Å². The second kappa shape index (κ2) is 8.96. The minimum absolute atomic E-state index is 0.101. The Bertz CT molecular complexity index is 895. The van der Waals surface area contributed by atoms with Crippen LogP contribution in [-0.2, 0) is 14.8 Å². The molecule has 146 valence electrons. The Morgan fingerprint density at radius 3 is 2.26 bits per heavy atom. The van der Waals surface area contributed by atoms with Crippen LogP contribution in [0, 0.1) is 12.7 Å². The molecule has 27 heavy (non-hydrogen) atoms. The van der Waals surface area contributed by atoms with Gasteiger partial charge in [0.1, 0.15) is 5.82 Å². The van der Waals surface area contributed by atoms with Crippen LogP contribution in [0.4, 0.5) is 15.8 Å². The number of amides is 1. The molecule has 6 nitrogen and oxygen atoms in total. The number of aryl methyl sites for hydroxylation is 1. The second-order valence-electron chi connectivity index (χ2n) is 6.00. The van der Waals surface area contributed by atoms with Gasteiger partial charge in [-0.2, -0.15) is 0 Å². The molecule has 0 fully saturated rings. The molecule has 0 aliphatic rings. The average Bonchev–Trinajstić information content (AvgIpc) is 2.64. The first-order valence-electron chi connectivity index (χ1n) is 8.67. The van der Waals surface area contributed by atoms with Crippen molar-refractivity contribution in [3.63, 3.8) is 0 Å². The molecular formula is C19H24FN3O3S. The molecule has 0 radical (unpaired) electrons. The van der Waals surface area contributed by atoms with Crippen LogP contribution in [0.1, 0.15) is 19.4 Å². The van der Waals surface area contributed by atoms with Gasteiger partial charge in [-0.3, -0.25) is 4.79 Å². The summed E-state index contributed by atoms with van der Waals surface area (Å²) in [6.07, 6.45) is 0. The zero-order chi connectivity index (χ0) is 20.0. The predicted molar refractivity (Wildman–Crippen MR) is 105 cm³/mol. The zero-order valence-corrected chi connectivity index (χ0v) is 16.4. The number of sulfonamides is 1. The van der Waals surface area contributed by atoms with E-state index in [1.807, 2.05) is 19.1 Å². The fourth-order valence-electron chi connectivity index (χ4n) is 2.63. The van der Waals surface area contributed by atoms with E-state index in [1.165, 1.54) is 0 Å². The first-order valence-corrected chi connectivity index (χ1v) is 10.2. The molecule has 1 amide bonds. The minimum atomic E-state index is -3.88. The number of benzene rings is 2. The monoisotopic (exact) mass is 393 g/mol. The normalized spacial score (nSPS) is 11.3. The molecule has 8 heteroatoms. The summed E-state index contributed by atoms with van der Waals surface area (Å²) in [5, 5.41) is 2.70. The maximum Gasteiger partial charge on any atom is 0.241 e. The number of nitrogens with one attached hydrogen (secondary N) is 2. The lowest BCUT2D eigenvalue weighted by Crippen LogP contribution is -2.33. The van der Waals surface area contributed by atoms with Crippen LogP contribution in [0.2, 0.25) is 0 Å². The highest BCUT2D eigenvalue weighted by molar-refractivity contribution is 7.89. The fourth-order valence-corrected chi connectivity index (χ4v) is 3.61. The molecule has 2 N–H and O–H groups in total. The van der Waals surface area contributed by atoms with Crippen molar-refractivity contribution in [2.75, 3.05) is 29.9 Å². The van der Waals surface area contributed by atoms with Crippen LogP contribution >= 0.6 is 0 Å². The summed E-state index contributed by atoms with van der Waals surface area (Å²) in [6, 6.07) is 10.1. The van der Waals surface area contributed by atoms with Gasteiger partial charge in [0.25, 0.3) is 0 Å². The van der Waals surface area contributed by atoms with E-state index in [0.29, 0.717) is 5.69 Å². The van der Waals surface area contributed by atoms with Gasteiger partial charge in [0.15, 0.2) is 0 Å². The highest BCUT2D eigenvalue weighted by atomic mass is 32.2. The van der Waals surface area contributed by atoms with Crippen LogP contribution in [0.15, 0.2) is 47.4 Å². The van der Waals surface area contributed by atoms with E-state index in [1.54, 1.807) is 6.07 Å². The fraction of sp³-hybridized carbons (Fsp3) is 0.316. The number of carbonyl (C=O) groups excluding carboxylic acids is 1. The lowest BCUT2D eigenvalue weighted by Gasteiger charge is -2.22. The largest absolute Gasteiger partial charge is 0.372 e. The number of rotatable bonds is 8. The Morgan fingerprint density at radius 1 is 1.07 bits per heavy atom. The number of carbonyl (C=O) groups is 1. The third kappa shape index (κ3) is 5.51. The summed E-state index contributed by atoms with van der Waals surface area (Å²) in [7, 11) is -3.88. The minimum Gasteiger partial charge on any atom is -0.372 e. The van der Waals surface area contributed by atoms with Crippen molar-refractivity contribution in [2.24, 2.45) is 0 Å². The second-order valence-corrected chi connectivity index (χ2v) is 7.77. The van der Waals surface area contributed by atoms with Crippen molar-refractivity contribution < 1.29 is 17.6 Å². The van der Waals surface area contributed by atoms with Gasteiger partial charge in [-0.1, -0.05) is 0 Å². The number of hydrogen-bond acceptors (Lipinski definition) is 4. The molecule has 0 bridgehead atoms. The van der Waals surface area contributed by atoms with Crippen LogP contribution < -0.4 is 14.9 Å². The molecule has 0 aromatic heterocycles. The molecule has 0 saturated carbocycles. The number of halogens is 1. The smallest absolute Gasteiger partial charge is 0.241 e. The van der Waals surface area contributed by atoms with E-state index in [0.717, 1.165) is 48.6 Å². The summed E-state index contributed by atoms with van der Waals surface area (Å²) >= 11 is 0. The first-order chi connectivity index (χ1) is 12.8. The van der Waals surface area contributed by atoms with E-state index >= 15 is 0 Å². The molecule has 2 rings (SSSR count). The Kier molecular flexibility index (Phi) is 6.92. The van der Waals surface area contributed by atoms with E-state index in [2.05, 4.69) is 28.8 Å². The highest BCUT2D eigenvalue weighted by Crippen LogP contribution is 2.22. The molecule has 0 unspecified atom stereocenters. The van der Waals surface area contributed by atoms with Crippen molar-refractivity contribution in [2.45, 2.75) is 25.7 Å². The zero-order valence-electron chi connectivity index (χ0n) is 15.6. The summed E-state index contributed by atoms with van der Waals surface area (Å²) in [5.41, 5.74) is 2.57. The number of nitrogens with zero attached hydrogens (tertiary/aromatic N) is 1. The molecular weight excluding hydrogens is 369 g/mol. The van der Waals surface area contributed by atoms with E-state index in [-0.39, 0.29) is 4.90 Å². The Balaban J connectivity index is 2.00. The predicted octanol–water partition coefficient (Wildman–Crippen LogP) is 2.90. The Hall–Kier alpha value is -2.45. The van der Waals surface area contributed by atoms with Gasteiger partial charge in [0.05, 0.1) is 11.4 Å². The summed E-state index contributed by atoms with van der Waals surface area (Å²) < 4.78 is 39.4. The molecule has 0 spiro atoms. The quantitative estimate of drug-likeness (QED) is 0.723. The molecule has 2 aromatic carbocycles. The maximum absolute atomic E-state index is 12.9. The van der Waals surface area contributed by atoms with Crippen LogP contribution in [0.25, 0.3) is 0 Å². The maximum atomic E-state index is 12.9. The topological polar surface area (TPSA) is 78.5 Å². The van der Waals surface area contributed by atoms with Crippen LogP contribution in [0.3, 0.4) is 0 Å². The summed E-state index contributed by atoms with van der Waals surface area (Å²) in [6.45, 7) is 7.37. The molecule has 0 aliphatic heterocycles. The SMILES string of the molecule is CCN(CC)c1ccc(NC(=O)CNS(=O)(=O)c2ccc(F)cc2)c(C)c1. The average molecular weight is 393 g/mol. The molecule has 0 aliphatic carbocycles. The highest BCUT2D eigenvalue weighted by Gasteiger charge is 2.16. The summed E-state index contributed by atoms with van der Waals surface area (Å²) in [5.74, 6) is -1.02. The third-order valence-electron chi connectivity index (χ3n) is 4.16. The van der Waals surface area contributed by atoms with Gasteiger partial charge in [-0.25, -0.2) is 17.5 Å². The van der Waals surface area contributed by atoms with E-state index < -0.39 is 28.3 Å². The number of anilines is 2. The van der Waals surface area contributed by atoms with E-state index in [4.69, 9.17) is 0 Å². The molecule has 0 saturated heterocycles. The lowest BCUT2D eigenvalue weighted by atomic mass is 10.1. The Labute approximate surface area is 159 Å². The molecule has 2 aromatic rings. The summed E-state index contributed by atoms with van der Waals surface area (Å²) in [4.78, 5) is 14.2. The van der Waals surface area contributed by atoms with Crippen molar-refractivity contribution in [1.82, 2.24) is 4.72 Å². The van der Waals surface area contributed by atoms with Crippen molar-refractivity contribution >= 4 is 27.3 Å². The molecule has 0 atom stereocenters. The van der Waals surface area contributed by atoms with Gasteiger partial charge in [0.2, 0.25) is 15.9 Å². The van der Waals surface area contributed by atoms with Crippen molar-refractivity contribution in [1.29, 1.82) is 0 Å². The third-order valence-corrected chi connectivity index (χ3v) is 5.58. The Morgan fingerprint density at radius 2 is 1.70 bits per heavy atom. The first kappa shape index (κ1) is 20.9. The standard InChI is InChI=1S/C19H24FN3O3S/c1-4-23(5-2)16-8-11-18(14(3)12-16)22-19(24)13-21-27(25,26)17-9-6-15(20)7-10-17/h6-12,21H,4-5,13H2,1-3H3,(H,22,24). The van der Waals surface area contributed by atoms with Crippen molar-refractivity contribution in [3.05, 3.63) is 53.8 Å².